The summed E-state index contributed by atoms with van der Waals surface area (Å²) in [4.78, 5) is 0. The van der Waals surface area contributed by atoms with Crippen molar-refractivity contribution in [2.75, 3.05) is 0 Å². The fourth-order valence-electron chi connectivity index (χ4n) is 2.52. The number of aromatic nitrogens is 2. The van der Waals surface area contributed by atoms with Crippen molar-refractivity contribution in [2.45, 2.75) is 52.2 Å². The molecular formula is C17H22FN3. The molecule has 1 aromatic carbocycles. The molecule has 0 aliphatic heterocycles. The van der Waals surface area contributed by atoms with Crippen molar-refractivity contribution < 1.29 is 4.39 Å². The van der Waals surface area contributed by atoms with Crippen molar-refractivity contribution in [1.82, 2.24) is 15.1 Å². The minimum absolute atomic E-state index is 0.180. The number of halogens is 1. The second kappa shape index (κ2) is 5.60. The Kier molecular flexibility index (Phi) is 3.81. The Morgan fingerprint density at radius 1 is 1.33 bits per heavy atom. The molecule has 4 heteroatoms. The van der Waals surface area contributed by atoms with E-state index in [-0.39, 0.29) is 5.82 Å². The van der Waals surface area contributed by atoms with E-state index in [0.29, 0.717) is 18.6 Å². The lowest BCUT2D eigenvalue weighted by Crippen LogP contribution is -2.16. The van der Waals surface area contributed by atoms with E-state index in [9.17, 15) is 4.39 Å². The summed E-state index contributed by atoms with van der Waals surface area (Å²) in [6.07, 6.45) is 4.53. The SMILES string of the molecule is Cc1nn(C(C)C)cc1-c1ccc(F)cc1CNC1CC1. The van der Waals surface area contributed by atoms with Crippen molar-refractivity contribution in [2.24, 2.45) is 0 Å². The van der Waals surface area contributed by atoms with E-state index < -0.39 is 0 Å². The Morgan fingerprint density at radius 3 is 2.71 bits per heavy atom. The average Bonchev–Trinajstić information content (AvgIpc) is 3.18. The van der Waals surface area contributed by atoms with Crippen LogP contribution in [0.5, 0.6) is 0 Å². The van der Waals surface area contributed by atoms with Gasteiger partial charge >= 0.3 is 0 Å². The zero-order valence-corrected chi connectivity index (χ0v) is 12.9. The van der Waals surface area contributed by atoms with E-state index in [0.717, 1.165) is 22.4 Å². The normalized spacial score (nSPS) is 14.9. The number of nitrogens with zero attached hydrogens (tertiary/aromatic N) is 2. The summed E-state index contributed by atoms with van der Waals surface area (Å²) in [7, 11) is 0. The van der Waals surface area contributed by atoms with Gasteiger partial charge in [-0.2, -0.15) is 5.10 Å². The third kappa shape index (κ3) is 3.16. The Hall–Kier alpha value is -1.68. The van der Waals surface area contributed by atoms with Crippen molar-refractivity contribution in [3.05, 3.63) is 41.5 Å². The molecule has 3 nitrogen and oxygen atoms in total. The molecule has 0 amide bonds. The van der Waals surface area contributed by atoms with Crippen LogP contribution in [0.3, 0.4) is 0 Å². The fourth-order valence-corrected chi connectivity index (χ4v) is 2.52. The molecule has 1 heterocycles. The summed E-state index contributed by atoms with van der Waals surface area (Å²) < 4.78 is 15.6. The molecule has 1 aromatic heterocycles. The van der Waals surface area contributed by atoms with Crippen molar-refractivity contribution >= 4 is 0 Å². The lowest BCUT2D eigenvalue weighted by molar-refractivity contribution is 0.529. The standard InChI is InChI=1S/C17H22FN3/c1-11(2)21-10-17(12(3)20-21)16-7-4-14(18)8-13(16)9-19-15-5-6-15/h4,7-8,10-11,15,19H,5-6,9H2,1-3H3. The monoisotopic (exact) mass is 287 g/mol. The highest BCUT2D eigenvalue weighted by Crippen LogP contribution is 2.29. The van der Waals surface area contributed by atoms with Crippen LogP contribution in [0.2, 0.25) is 0 Å². The quantitative estimate of drug-likeness (QED) is 0.905. The van der Waals surface area contributed by atoms with Crippen LogP contribution in [-0.2, 0) is 6.54 Å². The van der Waals surface area contributed by atoms with E-state index in [1.807, 2.05) is 17.7 Å². The number of hydrogen-bond acceptors (Lipinski definition) is 2. The Morgan fingerprint density at radius 2 is 2.10 bits per heavy atom. The van der Waals surface area contributed by atoms with Crippen LogP contribution >= 0.6 is 0 Å². The van der Waals surface area contributed by atoms with Crippen molar-refractivity contribution in [3.8, 4) is 11.1 Å². The molecule has 3 rings (SSSR count). The van der Waals surface area contributed by atoms with Crippen LogP contribution in [0, 0.1) is 12.7 Å². The molecule has 1 aliphatic carbocycles. The largest absolute Gasteiger partial charge is 0.310 e. The van der Waals surface area contributed by atoms with Crippen LogP contribution in [0.25, 0.3) is 11.1 Å². The summed E-state index contributed by atoms with van der Waals surface area (Å²) in [6, 6.07) is 5.97. The molecular weight excluding hydrogens is 265 g/mol. The first kappa shape index (κ1) is 14.3. The van der Waals surface area contributed by atoms with E-state index in [4.69, 9.17) is 0 Å². The maximum atomic E-state index is 13.6. The Bertz CT molecular complexity index is 641. The van der Waals surface area contributed by atoms with Crippen LogP contribution in [0.4, 0.5) is 4.39 Å². The van der Waals surface area contributed by atoms with Crippen LogP contribution < -0.4 is 5.32 Å². The smallest absolute Gasteiger partial charge is 0.123 e. The average molecular weight is 287 g/mol. The molecule has 0 radical (unpaired) electrons. The molecule has 0 atom stereocenters. The first-order valence-corrected chi connectivity index (χ1v) is 7.62. The van der Waals surface area contributed by atoms with E-state index in [1.54, 1.807) is 6.07 Å². The maximum Gasteiger partial charge on any atom is 0.123 e. The number of nitrogens with one attached hydrogen (secondary N) is 1. The minimum Gasteiger partial charge on any atom is -0.310 e. The zero-order valence-electron chi connectivity index (χ0n) is 12.9. The van der Waals surface area contributed by atoms with Crippen LogP contribution in [-0.4, -0.2) is 15.8 Å². The molecule has 1 N–H and O–H groups in total. The van der Waals surface area contributed by atoms with Gasteiger partial charge in [-0.1, -0.05) is 6.07 Å². The highest BCUT2D eigenvalue weighted by Gasteiger charge is 2.21. The highest BCUT2D eigenvalue weighted by molar-refractivity contribution is 5.69. The second-order valence-electron chi connectivity index (χ2n) is 6.16. The lowest BCUT2D eigenvalue weighted by Gasteiger charge is -2.10. The van der Waals surface area contributed by atoms with Crippen molar-refractivity contribution in [3.63, 3.8) is 0 Å². The number of hydrogen-bond donors (Lipinski definition) is 1. The summed E-state index contributed by atoms with van der Waals surface area (Å²) in [5.41, 5.74) is 4.17. The van der Waals surface area contributed by atoms with Gasteiger partial charge in [-0.05, 0) is 56.9 Å². The molecule has 1 aliphatic rings. The van der Waals surface area contributed by atoms with Gasteiger partial charge in [0.2, 0.25) is 0 Å². The molecule has 1 fully saturated rings. The van der Waals surface area contributed by atoms with Crippen molar-refractivity contribution in [1.29, 1.82) is 0 Å². The molecule has 0 bridgehead atoms. The molecule has 112 valence electrons. The lowest BCUT2D eigenvalue weighted by atomic mass is 10.00. The Balaban J connectivity index is 1.95. The number of rotatable bonds is 5. The maximum absolute atomic E-state index is 13.6. The second-order valence-corrected chi connectivity index (χ2v) is 6.16. The molecule has 0 spiro atoms. The third-order valence-corrected chi connectivity index (χ3v) is 3.96. The fraction of sp³-hybridized carbons (Fsp3) is 0.471. The topological polar surface area (TPSA) is 29.9 Å². The van der Waals surface area contributed by atoms with Gasteiger partial charge in [0, 0.05) is 30.4 Å². The summed E-state index contributed by atoms with van der Waals surface area (Å²) in [5.74, 6) is -0.180. The molecule has 21 heavy (non-hydrogen) atoms. The van der Waals surface area contributed by atoms with Gasteiger partial charge in [0.1, 0.15) is 5.82 Å². The molecule has 0 unspecified atom stereocenters. The van der Waals surface area contributed by atoms with E-state index >= 15 is 0 Å². The summed E-state index contributed by atoms with van der Waals surface area (Å²) >= 11 is 0. The van der Waals surface area contributed by atoms with Gasteiger partial charge in [-0.15, -0.1) is 0 Å². The predicted octanol–water partition coefficient (Wildman–Crippen LogP) is 3.83. The van der Waals surface area contributed by atoms with E-state index in [1.165, 1.54) is 18.9 Å². The van der Waals surface area contributed by atoms with Crippen LogP contribution in [0.15, 0.2) is 24.4 Å². The van der Waals surface area contributed by atoms with Gasteiger partial charge in [0.25, 0.3) is 0 Å². The van der Waals surface area contributed by atoms with Gasteiger partial charge in [0.15, 0.2) is 0 Å². The molecule has 2 aromatic rings. The summed E-state index contributed by atoms with van der Waals surface area (Å²) in [6.45, 7) is 6.94. The predicted molar refractivity (Wildman–Crippen MR) is 82.6 cm³/mol. The third-order valence-electron chi connectivity index (χ3n) is 3.96. The summed E-state index contributed by atoms with van der Waals surface area (Å²) in [5, 5.41) is 8.03. The van der Waals surface area contributed by atoms with Crippen LogP contribution in [0.1, 0.15) is 44.0 Å². The molecule has 1 saturated carbocycles. The highest BCUT2D eigenvalue weighted by atomic mass is 19.1. The zero-order chi connectivity index (χ0) is 15.0. The van der Waals surface area contributed by atoms with Gasteiger partial charge in [0.05, 0.1) is 5.69 Å². The van der Waals surface area contributed by atoms with E-state index in [2.05, 4.69) is 30.5 Å². The van der Waals surface area contributed by atoms with Gasteiger partial charge < -0.3 is 5.32 Å². The first-order chi connectivity index (χ1) is 10.0. The number of aryl methyl sites for hydroxylation is 1. The van der Waals surface area contributed by atoms with Gasteiger partial charge in [-0.25, -0.2) is 4.39 Å². The first-order valence-electron chi connectivity index (χ1n) is 7.62. The molecule has 0 saturated heterocycles. The minimum atomic E-state index is -0.180. The van der Waals surface area contributed by atoms with Gasteiger partial charge in [-0.3, -0.25) is 4.68 Å². The Labute approximate surface area is 125 Å². The number of benzene rings is 1.